The fourth-order valence-electron chi connectivity index (χ4n) is 0.934. The van der Waals surface area contributed by atoms with Crippen molar-refractivity contribution >= 4 is 39.1 Å². The quantitative estimate of drug-likeness (QED) is 0.851. The van der Waals surface area contributed by atoms with Crippen molar-refractivity contribution in [2.24, 2.45) is 5.92 Å². The first-order valence-electron chi connectivity index (χ1n) is 4.37. The van der Waals surface area contributed by atoms with E-state index in [1.165, 1.54) is 6.07 Å². The third kappa shape index (κ3) is 3.18. The second kappa shape index (κ2) is 5.47. The number of hydrogen-bond donors (Lipinski definition) is 1. The van der Waals surface area contributed by atoms with Crippen molar-refractivity contribution in [1.29, 1.82) is 0 Å². The van der Waals surface area contributed by atoms with Crippen molar-refractivity contribution in [3.8, 4) is 0 Å². The zero-order valence-corrected chi connectivity index (χ0v) is 10.4. The smallest absolute Gasteiger partial charge is 0.228 e. The van der Waals surface area contributed by atoms with Gasteiger partial charge in [-0.05, 0) is 28.1 Å². The lowest BCUT2D eigenvalue weighted by Crippen LogP contribution is -2.22. The van der Waals surface area contributed by atoms with Gasteiger partial charge in [-0.25, -0.2) is 4.39 Å². The van der Waals surface area contributed by atoms with Crippen LogP contribution in [0.25, 0.3) is 0 Å². The van der Waals surface area contributed by atoms with Crippen molar-refractivity contribution in [3.63, 3.8) is 0 Å². The molecule has 0 saturated heterocycles. The number of rotatable bonds is 3. The van der Waals surface area contributed by atoms with Crippen LogP contribution in [-0.4, -0.2) is 11.8 Å². The molecule has 1 aromatic rings. The van der Waals surface area contributed by atoms with Gasteiger partial charge in [0.25, 0.3) is 0 Å². The van der Waals surface area contributed by atoms with Crippen LogP contribution in [0.3, 0.4) is 0 Å². The van der Waals surface area contributed by atoms with Gasteiger partial charge in [0.05, 0.1) is 5.69 Å². The Kier molecular flexibility index (Phi) is 4.54. The molecule has 0 fully saturated rings. The Morgan fingerprint density at radius 2 is 2.33 bits per heavy atom. The van der Waals surface area contributed by atoms with Gasteiger partial charge in [0.15, 0.2) is 0 Å². The third-order valence-corrected chi connectivity index (χ3v) is 3.01. The fraction of sp³-hybridized carbons (Fsp3) is 0.300. The molecule has 0 radical (unpaired) electrons. The van der Waals surface area contributed by atoms with E-state index in [4.69, 9.17) is 11.6 Å². The van der Waals surface area contributed by atoms with Gasteiger partial charge in [-0.15, -0.1) is 11.6 Å². The van der Waals surface area contributed by atoms with Crippen molar-refractivity contribution in [2.75, 3.05) is 11.2 Å². The molecule has 82 valence electrons. The summed E-state index contributed by atoms with van der Waals surface area (Å²) in [5.74, 6) is -0.911. The molecule has 1 aromatic carbocycles. The third-order valence-electron chi connectivity index (χ3n) is 1.89. The first-order chi connectivity index (χ1) is 7.06. The number of carbonyl (C=O) groups is 1. The molecule has 0 aliphatic carbocycles. The van der Waals surface area contributed by atoms with Crippen molar-refractivity contribution < 1.29 is 9.18 Å². The number of carbonyl (C=O) groups excluding carboxylic acids is 1. The number of anilines is 1. The Labute approximate surface area is 101 Å². The Hall–Kier alpha value is -0.610. The molecule has 0 aromatic heterocycles. The van der Waals surface area contributed by atoms with Crippen LogP contribution in [0, 0.1) is 11.7 Å². The van der Waals surface area contributed by atoms with Crippen molar-refractivity contribution in [2.45, 2.75) is 6.92 Å². The Bertz CT molecular complexity index is 352. The minimum Gasteiger partial charge on any atom is -0.322 e. The van der Waals surface area contributed by atoms with E-state index in [-0.39, 0.29) is 23.4 Å². The van der Waals surface area contributed by atoms with Gasteiger partial charge in [-0.2, -0.15) is 0 Å². The lowest BCUT2D eigenvalue weighted by atomic mass is 10.2. The maximum Gasteiger partial charge on any atom is 0.228 e. The van der Waals surface area contributed by atoms with Crippen LogP contribution in [-0.2, 0) is 4.79 Å². The number of alkyl halides is 1. The molecule has 1 rings (SSSR count). The van der Waals surface area contributed by atoms with Crippen LogP contribution in [0.5, 0.6) is 0 Å². The molecule has 0 spiro atoms. The van der Waals surface area contributed by atoms with E-state index >= 15 is 0 Å². The molecular weight excluding hydrogens is 284 g/mol. The van der Waals surface area contributed by atoms with Gasteiger partial charge in [-0.3, -0.25) is 4.79 Å². The normalized spacial score (nSPS) is 12.3. The number of halogens is 3. The Morgan fingerprint density at radius 3 is 2.87 bits per heavy atom. The van der Waals surface area contributed by atoms with Gasteiger partial charge in [0.2, 0.25) is 5.91 Å². The predicted octanol–water partition coefficient (Wildman–Crippen LogP) is 3.40. The topological polar surface area (TPSA) is 29.1 Å². The summed E-state index contributed by atoms with van der Waals surface area (Å²) in [5.41, 5.74) is 0.152. The molecule has 0 bridgehead atoms. The highest BCUT2D eigenvalue weighted by molar-refractivity contribution is 9.10. The van der Waals surface area contributed by atoms with Gasteiger partial charge >= 0.3 is 0 Å². The zero-order valence-electron chi connectivity index (χ0n) is 8.06. The van der Waals surface area contributed by atoms with Crippen molar-refractivity contribution in [3.05, 3.63) is 28.5 Å². The molecule has 0 heterocycles. The summed E-state index contributed by atoms with van der Waals surface area (Å²) >= 11 is 8.69. The van der Waals surface area contributed by atoms with Crippen LogP contribution in [0.2, 0.25) is 0 Å². The molecule has 5 heteroatoms. The second-order valence-electron chi connectivity index (χ2n) is 3.14. The van der Waals surface area contributed by atoms with Crippen LogP contribution in [0.4, 0.5) is 10.1 Å². The molecule has 1 amide bonds. The van der Waals surface area contributed by atoms with E-state index in [1.807, 2.05) is 0 Å². The van der Waals surface area contributed by atoms with Gasteiger partial charge < -0.3 is 5.32 Å². The van der Waals surface area contributed by atoms with E-state index < -0.39 is 5.82 Å². The summed E-state index contributed by atoms with van der Waals surface area (Å²) < 4.78 is 13.8. The first kappa shape index (κ1) is 12.5. The SMILES string of the molecule is CC(CCl)C(=O)Nc1c(F)cccc1Br. The maximum absolute atomic E-state index is 13.3. The van der Waals surface area contributed by atoms with Gasteiger partial charge in [0, 0.05) is 16.3 Å². The van der Waals surface area contributed by atoms with Crippen LogP contribution in [0.15, 0.2) is 22.7 Å². The molecule has 1 N–H and O–H groups in total. The highest BCUT2D eigenvalue weighted by Gasteiger charge is 2.15. The van der Waals surface area contributed by atoms with Crippen LogP contribution >= 0.6 is 27.5 Å². The predicted molar refractivity (Wildman–Crippen MR) is 62.6 cm³/mol. The van der Waals surface area contributed by atoms with E-state index in [1.54, 1.807) is 19.1 Å². The minimum absolute atomic E-state index is 0.152. The molecule has 0 aliphatic heterocycles. The lowest BCUT2D eigenvalue weighted by molar-refractivity contribution is -0.118. The first-order valence-corrected chi connectivity index (χ1v) is 5.70. The average molecular weight is 295 g/mol. The monoisotopic (exact) mass is 293 g/mol. The Morgan fingerprint density at radius 1 is 1.67 bits per heavy atom. The second-order valence-corrected chi connectivity index (χ2v) is 4.30. The number of nitrogens with one attached hydrogen (secondary N) is 1. The van der Waals surface area contributed by atoms with E-state index in [0.717, 1.165) is 0 Å². The minimum atomic E-state index is -0.473. The lowest BCUT2D eigenvalue weighted by Gasteiger charge is -2.11. The van der Waals surface area contributed by atoms with Gasteiger partial charge in [0.1, 0.15) is 5.82 Å². The molecule has 15 heavy (non-hydrogen) atoms. The number of para-hydroxylation sites is 1. The summed E-state index contributed by atoms with van der Waals surface area (Å²) in [6.07, 6.45) is 0. The maximum atomic E-state index is 13.3. The average Bonchev–Trinajstić information content (AvgIpc) is 2.22. The van der Waals surface area contributed by atoms with Crippen molar-refractivity contribution in [1.82, 2.24) is 0 Å². The van der Waals surface area contributed by atoms with Crippen LogP contribution < -0.4 is 5.32 Å². The Balaban J connectivity index is 2.85. The summed E-state index contributed by atoms with van der Waals surface area (Å²) in [7, 11) is 0. The number of benzene rings is 1. The molecule has 1 unspecified atom stereocenters. The molecule has 0 saturated carbocycles. The van der Waals surface area contributed by atoms with E-state index in [0.29, 0.717) is 4.47 Å². The number of amides is 1. The summed E-state index contributed by atoms with van der Waals surface area (Å²) in [4.78, 5) is 11.5. The molecule has 2 nitrogen and oxygen atoms in total. The van der Waals surface area contributed by atoms with E-state index in [2.05, 4.69) is 21.2 Å². The number of hydrogen-bond acceptors (Lipinski definition) is 1. The highest BCUT2D eigenvalue weighted by atomic mass is 79.9. The molecule has 1 atom stereocenters. The largest absolute Gasteiger partial charge is 0.322 e. The van der Waals surface area contributed by atoms with Crippen LogP contribution in [0.1, 0.15) is 6.92 Å². The summed E-state index contributed by atoms with van der Waals surface area (Å²) in [6, 6.07) is 4.50. The summed E-state index contributed by atoms with van der Waals surface area (Å²) in [6.45, 7) is 1.68. The summed E-state index contributed by atoms with van der Waals surface area (Å²) in [5, 5.41) is 2.48. The standard InChI is InChI=1S/C10H10BrClFNO/c1-6(5-12)10(15)14-9-7(11)3-2-4-8(9)13/h2-4,6H,5H2,1H3,(H,14,15). The fourth-order valence-corrected chi connectivity index (χ4v) is 1.51. The highest BCUT2D eigenvalue weighted by Crippen LogP contribution is 2.25. The zero-order chi connectivity index (χ0) is 11.4. The molecular formula is C10H10BrClFNO. The molecule has 0 aliphatic rings. The van der Waals surface area contributed by atoms with Gasteiger partial charge in [-0.1, -0.05) is 13.0 Å². The van der Waals surface area contributed by atoms with E-state index in [9.17, 15) is 9.18 Å².